The van der Waals surface area contributed by atoms with E-state index in [9.17, 15) is 4.39 Å². The van der Waals surface area contributed by atoms with Crippen molar-refractivity contribution in [2.75, 3.05) is 6.54 Å². The lowest BCUT2D eigenvalue weighted by molar-refractivity contribution is 0.301. The normalized spacial score (nSPS) is 10.6. The first-order valence-corrected chi connectivity index (χ1v) is 7.84. The average Bonchev–Trinajstić information content (AvgIpc) is 2.48. The van der Waals surface area contributed by atoms with Crippen molar-refractivity contribution in [2.45, 2.75) is 26.5 Å². The molecular formula is C17H19BrFNO. The van der Waals surface area contributed by atoms with Crippen LogP contribution in [-0.2, 0) is 13.2 Å². The summed E-state index contributed by atoms with van der Waals surface area (Å²) >= 11 is 3.41. The molecule has 0 aromatic heterocycles. The van der Waals surface area contributed by atoms with Gasteiger partial charge in [-0.3, -0.25) is 0 Å². The summed E-state index contributed by atoms with van der Waals surface area (Å²) in [6, 6.07) is 12.6. The first kappa shape index (κ1) is 16.0. The lowest BCUT2D eigenvalue weighted by Gasteiger charge is -2.12. The minimum atomic E-state index is -0.237. The standard InChI is InChI=1S/C17H19BrFNO/c1-2-9-20-11-14-10-16(19)7-8-17(14)21-12-13-3-5-15(18)6-4-13/h3-8,10,20H,2,9,11-12H2,1H3. The summed E-state index contributed by atoms with van der Waals surface area (Å²) in [7, 11) is 0. The number of halogens is 2. The van der Waals surface area contributed by atoms with Crippen molar-refractivity contribution in [3.63, 3.8) is 0 Å². The third kappa shape index (κ3) is 5.14. The van der Waals surface area contributed by atoms with Gasteiger partial charge in [0.15, 0.2) is 0 Å². The Hall–Kier alpha value is -1.39. The molecule has 0 amide bonds. The SMILES string of the molecule is CCCNCc1cc(F)ccc1OCc1ccc(Br)cc1. The Morgan fingerprint density at radius 2 is 1.90 bits per heavy atom. The van der Waals surface area contributed by atoms with Gasteiger partial charge in [0.05, 0.1) is 0 Å². The summed E-state index contributed by atoms with van der Waals surface area (Å²) in [5, 5.41) is 3.27. The van der Waals surface area contributed by atoms with E-state index in [1.54, 1.807) is 6.07 Å². The van der Waals surface area contributed by atoms with Crippen LogP contribution in [0.3, 0.4) is 0 Å². The van der Waals surface area contributed by atoms with Crippen LogP contribution in [0, 0.1) is 5.82 Å². The zero-order chi connectivity index (χ0) is 15.1. The molecule has 2 aromatic carbocycles. The zero-order valence-corrected chi connectivity index (χ0v) is 13.6. The van der Waals surface area contributed by atoms with Crippen LogP contribution in [0.5, 0.6) is 5.75 Å². The quantitative estimate of drug-likeness (QED) is 0.732. The Balaban J connectivity index is 2.02. The molecule has 0 saturated heterocycles. The molecule has 21 heavy (non-hydrogen) atoms. The highest BCUT2D eigenvalue weighted by atomic mass is 79.9. The second-order valence-electron chi connectivity index (χ2n) is 4.84. The lowest BCUT2D eigenvalue weighted by Crippen LogP contribution is -2.15. The van der Waals surface area contributed by atoms with Gasteiger partial charge in [0.2, 0.25) is 0 Å². The highest BCUT2D eigenvalue weighted by Crippen LogP contribution is 2.21. The highest BCUT2D eigenvalue weighted by molar-refractivity contribution is 9.10. The first-order valence-electron chi connectivity index (χ1n) is 7.05. The third-order valence-corrected chi connectivity index (χ3v) is 3.60. The van der Waals surface area contributed by atoms with E-state index in [2.05, 4.69) is 28.2 Å². The molecule has 0 aliphatic heterocycles. The van der Waals surface area contributed by atoms with Gasteiger partial charge in [0.25, 0.3) is 0 Å². The van der Waals surface area contributed by atoms with Crippen LogP contribution >= 0.6 is 15.9 Å². The van der Waals surface area contributed by atoms with E-state index in [1.165, 1.54) is 12.1 Å². The fourth-order valence-corrected chi connectivity index (χ4v) is 2.23. The maximum Gasteiger partial charge on any atom is 0.124 e. The Morgan fingerprint density at radius 3 is 2.62 bits per heavy atom. The van der Waals surface area contributed by atoms with Crippen LogP contribution in [0.2, 0.25) is 0 Å². The van der Waals surface area contributed by atoms with Crippen LogP contribution in [0.4, 0.5) is 4.39 Å². The molecule has 0 aliphatic rings. The predicted octanol–water partition coefficient (Wildman–Crippen LogP) is 4.67. The van der Waals surface area contributed by atoms with Gasteiger partial charge in [-0.15, -0.1) is 0 Å². The maximum atomic E-state index is 13.4. The average molecular weight is 352 g/mol. The van der Waals surface area contributed by atoms with Crippen molar-refractivity contribution < 1.29 is 9.13 Å². The topological polar surface area (TPSA) is 21.3 Å². The van der Waals surface area contributed by atoms with Crippen molar-refractivity contribution in [3.05, 3.63) is 63.9 Å². The monoisotopic (exact) mass is 351 g/mol. The van der Waals surface area contributed by atoms with Crippen molar-refractivity contribution in [2.24, 2.45) is 0 Å². The van der Waals surface area contributed by atoms with Crippen LogP contribution in [0.25, 0.3) is 0 Å². The molecule has 2 rings (SSSR count). The van der Waals surface area contributed by atoms with E-state index in [1.807, 2.05) is 24.3 Å². The molecule has 0 unspecified atom stereocenters. The smallest absolute Gasteiger partial charge is 0.124 e. The maximum absolute atomic E-state index is 13.4. The molecule has 0 aliphatic carbocycles. The molecule has 2 aromatic rings. The van der Waals surface area contributed by atoms with Gasteiger partial charge in [-0.1, -0.05) is 35.0 Å². The van der Waals surface area contributed by atoms with E-state index < -0.39 is 0 Å². The number of ether oxygens (including phenoxy) is 1. The van der Waals surface area contributed by atoms with Crippen molar-refractivity contribution in [1.82, 2.24) is 5.32 Å². The van der Waals surface area contributed by atoms with Crippen molar-refractivity contribution in [1.29, 1.82) is 0 Å². The summed E-state index contributed by atoms with van der Waals surface area (Å²) in [4.78, 5) is 0. The van der Waals surface area contributed by atoms with Crippen LogP contribution in [0.1, 0.15) is 24.5 Å². The van der Waals surface area contributed by atoms with Gasteiger partial charge in [-0.05, 0) is 48.9 Å². The number of benzene rings is 2. The zero-order valence-electron chi connectivity index (χ0n) is 12.0. The number of nitrogens with one attached hydrogen (secondary N) is 1. The molecule has 4 heteroatoms. The molecule has 0 atom stereocenters. The largest absolute Gasteiger partial charge is 0.489 e. The first-order chi connectivity index (χ1) is 10.2. The molecular weight excluding hydrogens is 333 g/mol. The molecule has 0 saturated carbocycles. The summed E-state index contributed by atoms with van der Waals surface area (Å²) in [6.07, 6.45) is 1.05. The summed E-state index contributed by atoms with van der Waals surface area (Å²) in [5.41, 5.74) is 1.93. The van der Waals surface area contributed by atoms with Gasteiger partial charge in [0.1, 0.15) is 18.2 Å². The van der Waals surface area contributed by atoms with Crippen molar-refractivity contribution >= 4 is 15.9 Å². The minimum absolute atomic E-state index is 0.237. The highest BCUT2D eigenvalue weighted by Gasteiger charge is 2.06. The Labute approximate surface area is 133 Å². The van der Waals surface area contributed by atoms with Gasteiger partial charge < -0.3 is 10.1 Å². The lowest BCUT2D eigenvalue weighted by atomic mass is 10.2. The Bertz CT molecular complexity index is 572. The molecule has 112 valence electrons. The second-order valence-corrected chi connectivity index (χ2v) is 5.76. The molecule has 1 N–H and O–H groups in total. The van der Waals surface area contributed by atoms with Crippen LogP contribution < -0.4 is 10.1 Å². The molecule has 2 nitrogen and oxygen atoms in total. The Kier molecular flexibility index (Phi) is 6.21. The van der Waals surface area contributed by atoms with Gasteiger partial charge >= 0.3 is 0 Å². The molecule has 0 heterocycles. The van der Waals surface area contributed by atoms with Crippen LogP contribution in [0.15, 0.2) is 46.9 Å². The Morgan fingerprint density at radius 1 is 1.14 bits per heavy atom. The van der Waals surface area contributed by atoms with Gasteiger partial charge in [0, 0.05) is 16.6 Å². The van der Waals surface area contributed by atoms with E-state index in [0.29, 0.717) is 13.2 Å². The van der Waals surface area contributed by atoms with E-state index >= 15 is 0 Å². The summed E-state index contributed by atoms with van der Waals surface area (Å²) < 4.78 is 20.2. The van der Waals surface area contributed by atoms with Crippen LogP contribution in [-0.4, -0.2) is 6.54 Å². The molecule has 0 bridgehead atoms. The predicted molar refractivity (Wildman–Crippen MR) is 86.9 cm³/mol. The summed E-state index contributed by atoms with van der Waals surface area (Å²) in [6.45, 7) is 4.09. The molecule has 0 fully saturated rings. The van der Waals surface area contributed by atoms with E-state index in [4.69, 9.17) is 4.74 Å². The minimum Gasteiger partial charge on any atom is -0.489 e. The number of hydrogen-bond acceptors (Lipinski definition) is 2. The van der Waals surface area contributed by atoms with Crippen molar-refractivity contribution in [3.8, 4) is 5.75 Å². The molecule has 0 spiro atoms. The second kappa shape index (κ2) is 8.15. The molecule has 0 radical (unpaired) electrons. The van der Waals surface area contributed by atoms with E-state index in [-0.39, 0.29) is 5.82 Å². The summed E-state index contributed by atoms with van der Waals surface area (Å²) in [5.74, 6) is 0.488. The fraction of sp³-hybridized carbons (Fsp3) is 0.294. The number of hydrogen-bond donors (Lipinski definition) is 1. The van der Waals surface area contributed by atoms with E-state index in [0.717, 1.165) is 34.3 Å². The third-order valence-electron chi connectivity index (χ3n) is 3.07. The van der Waals surface area contributed by atoms with Gasteiger partial charge in [-0.2, -0.15) is 0 Å². The fourth-order valence-electron chi connectivity index (χ4n) is 1.97. The number of rotatable bonds is 7. The van der Waals surface area contributed by atoms with Gasteiger partial charge in [-0.25, -0.2) is 4.39 Å².